The summed E-state index contributed by atoms with van der Waals surface area (Å²) in [5, 5.41) is 14.2. The van der Waals surface area contributed by atoms with Crippen LogP contribution in [0.4, 0.5) is 0 Å². The van der Waals surface area contributed by atoms with Crippen molar-refractivity contribution in [2.24, 2.45) is 0 Å². The van der Waals surface area contributed by atoms with Gasteiger partial charge in [-0.25, -0.2) is 4.98 Å². The molecule has 4 nitrogen and oxygen atoms in total. The summed E-state index contributed by atoms with van der Waals surface area (Å²) >= 11 is 0. The lowest BCUT2D eigenvalue weighted by atomic mass is 9.78. The average molecular weight is 582 g/mol. The molecule has 0 aliphatic carbocycles. The molecular formula is C40H43N3O. The van der Waals surface area contributed by atoms with Gasteiger partial charge < -0.3 is 5.11 Å². The highest BCUT2D eigenvalue weighted by Crippen LogP contribution is 2.43. The third-order valence-corrected chi connectivity index (χ3v) is 8.60. The molecule has 0 fully saturated rings. The summed E-state index contributed by atoms with van der Waals surface area (Å²) in [4.78, 5) is 9.98. The van der Waals surface area contributed by atoms with Crippen LogP contribution in [-0.4, -0.2) is 19.6 Å². The fraction of sp³-hybridized carbons (Fsp3) is 0.300. The van der Waals surface area contributed by atoms with E-state index in [-0.39, 0.29) is 16.2 Å². The van der Waals surface area contributed by atoms with Crippen molar-refractivity contribution in [1.82, 2.24) is 14.5 Å². The minimum Gasteiger partial charge on any atom is -0.507 e. The molecule has 0 aliphatic rings. The van der Waals surface area contributed by atoms with Crippen LogP contribution in [0.25, 0.3) is 50.1 Å². The highest BCUT2D eigenvalue weighted by Gasteiger charge is 2.27. The Morgan fingerprint density at radius 3 is 1.91 bits per heavy atom. The topological polar surface area (TPSA) is 50.9 Å². The summed E-state index contributed by atoms with van der Waals surface area (Å²) in [7, 11) is 0. The molecule has 0 amide bonds. The van der Waals surface area contributed by atoms with Crippen LogP contribution in [0, 0.1) is 0 Å². The maximum absolute atomic E-state index is 11.8. The molecule has 1 N–H and O–H groups in total. The van der Waals surface area contributed by atoms with E-state index < -0.39 is 0 Å². The van der Waals surface area contributed by atoms with Crippen LogP contribution in [0.5, 0.6) is 5.75 Å². The number of hydrogen-bond donors (Lipinski definition) is 1. The van der Waals surface area contributed by atoms with Crippen LogP contribution in [0.2, 0.25) is 0 Å². The number of phenols is 1. The lowest BCUT2D eigenvalue weighted by molar-refractivity contribution is 0.446. The first-order valence-electron chi connectivity index (χ1n) is 15.5. The van der Waals surface area contributed by atoms with E-state index in [0.29, 0.717) is 5.75 Å². The molecule has 3 aromatic heterocycles. The Morgan fingerprint density at radius 2 is 1.25 bits per heavy atom. The SMILES string of the molecule is CC(C)(C)c1cc(-c2cc(C(C)(C)C)cc(C(C)(C)C)c2O)nc(-n2c3ccccc3c3ccc(-c4ccccn4)cc32)c1. The van der Waals surface area contributed by atoms with E-state index in [1.54, 1.807) is 0 Å². The van der Waals surface area contributed by atoms with Crippen LogP contribution in [-0.2, 0) is 16.2 Å². The van der Waals surface area contributed by atoms with Crippen molar-refractivity contribution in [3.05, 3.63) is 108 Å². The first-order chi connectivity index (χ1) is 20.6. The highest BCUT2D eigenvalue weighted by atomic mass is 16.3. The molecule has 0 saturated heterocycles. The standard InChI is InChI=1S/C40H43N3O/c1-38(2,3)26-21-30(37(44)31(22-26)40(7,8)9)33-23-27(39(4,5)6)24-36(42-33)43-34-16-11-10-14-28(34)29-18-17-25(20-35(29)43)32-15-12-13-19-41-32/h10-24,44H,1-9H3. The summed E-state index contributed by atoms with van der Waals surface area (Å²) in [5.74, 6) is 1.13. The fourth-order valence-electron chi connectivity index (χ4n) is 5.95. The van der Waals surface area contributed by atoms with Crippen LogP contribution in [0.15, 0.2) is 91.1 Å². The molecule has 44 heavy (non-hydrogen) atoms. The van der Waals surface area contributed by atoms with Gasteiger partial charge in [-0.15, -0.1) is 0 Å². The monoisotopic (exact) mass is 581 g/mol. The third kappa shape index (κ3) is 5.27. The Bertz CT molecular complexity index is 2010. The molecule has 0 spiro atoms. The number of aromatic nitrogens is 3. The number of hydrogen-bond acceptors (Lipinski definition) is 3. The summed E-state index contributed by atoms with van der Waals surface area (Å²) in [6, 6.07) is 29.7. The molecule has 6 rings (SSSR count). The first kappa shape index (κ1) is 29.6. The summed E-state index contributed by atoms with van der Waals surface area (Å²) in [5.41, 5.74) is 8.48. The molecule has 4 heteroatoms. The second kappa shape index (κ2) is 10.3. The average Bonchev–Trinajstić information content (AvgIpc) is 3.29. The zero-order chi connectivity index (χ0) is 31.6. The van der Waals surface area contributed by atoms with Gasteiger partial charge in [0.2, 0.25) is 0 Å². The van der Waals surface area contributed by atoms with E-state index in [0.717, 1.165) is 55.9 Å². The molecular weight excluding hydrogens is 538 g/mol. The Kier molecular flexibility index (Phi) is 6.96. The maximum Gasteiger partial charge on any atom is 0.138 e. The van der Waals surface area contributed by atoms with E-state index in [9.17, 15) is 5.11 Å². The van der Waals surface area contributed by atoms with Gasteiger partial charge in [0.25, 0.3) is 0 Å². The Morgan fingerprint density at radius 1 is 0.591 bits per heavy atom. The molecule has 0 radical (unpaired) electrons. The van der Waals surface area contributed by atoms with Gasteiger partial charge in [0.05, 0.1) is 22.4 Å². The van der Waals surface area contributed by atoms with E-state index in [1.807, 2.05) is 24.4 Å². The first-order valence-corrected chi connectivity index (χ1v) is 15.5. The van der Waals surface area contributed by atoms with Gasteiger partial charge in [0.1, 0.15) is 11.6 Å². The molecule has 3 heterocycles. The van der Waals surface area contributed by atoms with Gasteiger partial charge in [-0.1, -0.05) is 105 Å². The van der Waals surface area contributed by atoms with Crippen LogP contribution < -0.4 is 0 Å². The van der Waals surface area contributed by atoms with Gasteiger partial charge >= 0.3 is 0 Å². The van der Waals surface area contributed by atoms with E-state index in [4.69, 9.17) is 4.98 Å². The molecule has 0 bridgehead atoms. The Labute approximate surface area is 261 Å². The van der Waals surface area contributed by atoms with E-state index in [1.165, 1.54) is 10.9 Å². The smallest absolute Gasteiger partial charge is 0.138 e. The van der Waals surface area contributed by atoms with Gasteiger partial charge in [-0.3, -0.25) is 9.55 Å². The van der Waals surface area contributed by atoms with Crippen molar-refractivity contribution in [3.8, 4) is 34.1 Å². The highest BCUT2D eigenvalue weighted by molar-refractivity contribution is 6.10. The Hall–Kier alpha value is -4.44. The summed E-state index contributed by atoms with van der Waals surface area (Å²) in [6.07, 6.45) is 1.83. The number of fused-ring (bicyclic) bond motifs is 3. The van der Waals surface area contributed by atoms with Crippen molar-refractivity contribution in [2.75, 3.05) is 0 Å². The van der Waals surface area contributed by atoms with Crippen molar-refractivity contribution >= 4 is 21.8 Å². The molecule has 3 aromatic carbocycles. The van der Waals surface area contributed by atoms with Crippen LogP contribution >= 0.6 is 0 Å². The van der Waals surface area contributed by atoms with Crippen molar-refractivity contribution < 1.29 is 5.11 Å². The fourth-order valence-corrected chi connectivity index (χ4v) is 5.95. The van der Waals surface area contributed by atoms with E-state index in [2.05, 4.69) is 139 Å². The van der Waals surface area contributed by atoms with E-state index >= 15 is 0 Å². The quantitative estimate of drug-likeness (QED) is 0.226. The second-order valence-electron chi connectivity index (χ2n) is 15.1. The number of nitrogens with zero attached hydrogens (tertiary/aromatic N) is 3. The lowest BCUT2D eigenvalue weighted by Crippen LogP contribution is -2.17. The number of pyridine rings is 2. The zero-order valence-corrected chi connectivity index (χ0v) is 27.4. The molecule has 0 aliphatic heterocycles. The van der Waals surface area contributed by atoms with Crippen molar-refractivity contribution in [3.63, 3.8) is 0 Å². The molecule has 0 unspecified atom stereocenters. The molecule has 0 atom stereocenters. The number of para-hydroxylation sites is 1. The van der Waals surface area contributed by atoms with Crippen molar-refractivity contribution in [2.45, 2.75) is 78.6 Å². The molecule has 6 aromatic rings. The Balaban J connectivity index is 1.70. The zero-order valence-electron chi connectivity index (χ0n) is 27.4. The number of phenolic OH excluding ortho intramolecular Hbond substituents is 1. The predicted octanol–water partition coefficient (Wildman–Crippen LogP) is 10.5. The van der Waals surface area contributed by atoms with Crippen LogP contribution in [0.3, 0.4) is 0 Å². The molecule has 224 valence electrons. The predicted molar refractivity (Wildman–Crippen MR) is 185 cm³/mol. The van der Waals surface area contributed by atoms with Crippen molar-refractivity contribution in [1.29, 1.82) is 0 Å². The summed E-state index contributed by atoms with van der Waals surface area (Å²) in [6.45, 7) is 19.8. The van der Waals surface area contributed by atoms with Gasteiger partial charge in [-0.05, 0) is 69.8 Å². The normalized spacial score (nSPS) is 12.8. The second-order valence-corrected chi connectivity index (χ2v) is 15.1. The number of aromatic hydroxyl groups is 1. The van der Waals surface area contributed by atoms with Gasteiger partial charge in [-0.2, -0.15) is 0 Å². The number of rotatable bonds is 3. The largest absolute Gasteiger partial charge is 0.507 e. The van der Waals surface area contributed by atoms with Gasteiger partial charge in [0, 0.05) is 33.7 Å². The lowest BCUT2D eigenvalue weighted by Gasteiger charge is -2.28. The third-order valence-electron chi connectivity index (χ3n) is 8.60. The molecule has 0 saturated carbocycles. The summed E-state index contributed by atoms with van der Waals surface area (Å²) < 4.78 is 2.27. The number of benzene rings is 3. The maximum atomic E-state index is 11.8. The minimum atomic E-state index is -0.237. The van der Waals surface area contributed by atoms with Gasteiger partial charge in [0.15, 0.2) is 0 Å². The minimum absolute atomic E-state index is 0.0956. The van der Waals surface area contributed by atoms with Crippen LogP contribution in [0.1, 0.15) is 79.0 Å².